The van der Waals surface area contributed by atoms with Crippen molar-refractivity contribution in [1.29, 1.82) is 0 Å². The lowest BCUT2D eigenvalue weighted by Gasteiger charge is -2.42. The molecule has 2 aromatic carbocycles. The summed E-state index contributed by atoms with van der Waals surface area (Å²) in [5.41, 5.74) is 1.82. The standard InChI is InChI=1S/C25H26N4O6/c30-22(13-28-14-23(31)29-10-2-1-3-19(29)25(28)33)27-18-7-5-17(6-8-18)24(32)26-12-16-4-9-20-21(11-16)35-15-34-20/h4-9,11,19H,1-3,10,12-15H2,(H,26,32)(H,27,30)/t19-/m1/s1. The molecule has 0 aromatic heterocycles. The van der Waals surface area contributed by atoms with E-state index in [4.69, 9.17) is 9.47 Å². The second-order valence-corrected chi connectivity index (χ2v) is 8.79. The average molecular weight is 479 g/mol. The molecule has 2 aromatic rings. The molecule has 182 valence electrons. The van der Waals surface area contributed by atoms with Gasteiger partial charge in [0.05, 0.1) is 0 Å². The topological polar surface area (TPSA) is 117 Å². The summed E-state index contributed by atoms with van der Waals surface area (Å²) in [4.78, 5) is 53.1. The smallest absolute Gasteiger partial charge is 0.251 e. The Balaban J connectivity index is 1.12. The summed E-state index contributed by atoms with van der Waals surface area (Å²) >= 11 is 0. The van der Waals surface area contributed by atoms with Crippen LogP contribution in [-0.4, -0.2) is 65.9 Å². The molecule has 0 spiro atoms. The van der Waals surface area contributed by atoms with Crippen molar-refractivity contribution in [2.75, 3.05) is 31.7 Å². The Hall–Kier alpha value is -4.08. The Kier molecular flexibility index (Phi) is 6.26. The van der Waals surface area contributed by atoms with E-state index in [9.17, 15) is 19.2 Å². The Morgan fingerprint density at radius 1 is 1.00 bits per heavy atom. The number of fused-ring (bicyclic) bond motifs is 2. The van der Waals surface area contributed by atoms with Crippen LogP contribution in [0, 0.1) is 0 Å². The van der Waals surface area contributed by atoms with Crippen LogP contribution in [0.3, 0.4) is 0 Å². The number of nitrogens with zero attached hydrogens (tertiary/aromatic N) is 2. The van der Waals surface area contributed by atoms with Gasteiger partial charge in [-0.3, -0.25) is 19.2 Å². The van der Waals surface area contributed by atoms with Crippen molar-refractivity contribution >= 4 is 29.3 Å². The minimum Gasteiger partial charge on any atom is -0.454 e. The highest BCUT2D eigenvalue weighted by Gasteiger charge is 2.40. The van der Waals surface area contributed by atoms with Gasteiger partial charge in [0.25, 0.3) is 5.91 Å². The summed E-state index contributed by atoms with van der Waals surface area (Å²) in [5.74, 6) is 0.408. The summed E-state index contributed by atoms with van der Waals surface area (Å²) in [5, 5.41) is 5.58. The van der Waals surface area contributed by atoms with Gasteiger partial charge < -0.3 is 29.9 Å². The van der Waals surface area contributed by atoms with Crippen LogP contribution < -0.4 is 20.1 Å². The SMILES string of the molecule is O=C(CN1CC(=O)N2CCCC[C@@H]2C1=O)Nc1ccc(C(=O)NCc2ccc3c(c2)OCO3)cc1. The predicted molar refractivity (Wildman–Crippen MR) is 125 cm³/mol. The minimum atomic E-state index is -0.451. The number of benzene rings is 2. The lowest BCUT2D eigenvalue weighted by molar-refractivity contribution is -0.158. The number of hydrogen-bond donors (Lipinski definition) is 2. The maximum absolute atomic E-state index is 12.7. The third-order valence-corrected chi connectivity index (χ3v) is 6.40. The van der Waals surface area contributed by atoms with Crippen molar-refractivity contribution in [3.63, 3.8) is 0 Å². The molecule has 5 rings (SSSR count). The molecule has 2 fully saturated rings. The number of ether oxygens (including phenoxy) is 2. The normalized spacial score (nSPS) is 18.8. The molecule has 3 aliphatic rings. The Morgan fingerprint density at radius 3 is 2.63 bits per heavy atom. The van der Waals surface area contributed by atoms with Gasteiger partial charge in [-0.25, -0.2) is 0 Å². The zero-order chi connectivity index (χ0) is 24.4. The Morgan fingerprint density at radius 2 is 1.80 bits per heavy atom. The predicted octanol–water partition coefficient (Wildman–Crippen LogP) is 1.51. The summed E-state index contributed by atoms with van der Waals surface area (Å²) in [6.45, 7) is 0.860. The fraction of sp³-hybridized carbons (Fsp3) is 0.360. The molecule has 2 saturated heterocycles. The maximum Gasteiger partial charge on any atom is 0.251 e. The Bertz CT molecular complexity index is 1170. The lowest BCUT2D eigenvalue weighted by atomic mass is 9.98. The van der Waals surface area contributed by atoms with Crippen LogP contribution >= 0.6 is 0 Å². The summed E-state index contributed by atoms with van der Waals surface area (Å²) in [6.07, 6.45) is 2.44. The van der Waals surface area contributed by atoms with Crippen LogP contribution in [0.4, 0.5) is 5.69 Å². The van der Waals surface area contributed by atoms with Crippen LogP contribution in [-0.2, 0) is 20.9 Å². The summed E-state index contributed by atoms with van der Waals surface area (Å²) < 4.78 is 10.6. The van der Waals surface area contributed by atoms with Crippen molar-refractivity contribution in [3.8, 4) is 11.5 Å². The van der Waals surface area contributed by atoms with E-state index < -0.39 is 11.9 Å². The molecule has 0 aliphatic carbocycles. The molecule has 3 aliphatic heterocycles. The lowest BCUT2D eigenvalue weighted by Crippen LogP contribution is -2.62. The van der Waals surface area contributed by atoms with Gasteiger partial charge in [0.1, 0.15) is 19.1 Å². The van der Waals surface area contributed by atoms with Gasteiger partial charge in [-0.2, -0.15) is 0 Å². The highest BCUT2D eigenvalue weighted by atomic mass is 16.7. The van der Waals surface area contributed by atoms with Crippen molar-refractivity contribution in [2.24, 2.45) is 0 Å². The second kappa shape index (κ2) is 9.65. The highest BCUT2D eigenvalue weighted by molar-refractivity contribution is 6.00. The Labute approximate surface area is 202 Å². The maximum atomic E-state index is 12.7. The third-order valence-electron chi connectivity index (χ3n) is 6.40. The molecule has 10 heteroatoms. The third kappa shape index (κ3) is 4.91. The molecule has 2 N–H and O–H groups in total. The number of carbonyl (C=O) groups excluding carboxylic acids is 4. The molecule has 3 heterocycles. The number of rotatable bonds is 6. The number of piperazine rings is 1. The van der Waals surface area contributed by atoms with Crippen molar-refractivity contribution in [3.05, 3.63) is 53.6 Å². The van der Waals surface area contributed by atoms with E-state index in [2.05, 4.69) is 10.6 Å². The summed E-state index contributed by atoms with van der Waals surface area (Å²) in [7, 11) is 0. The van der Waals surface area contributed by atoms with Gasteiger partial charge in [-0.15, -0.1) is 0 Å². The molecule has 0 radical (unpaired) electrons. The van der Waals surface area contributed by atoms with E-state index in [0.29, 0.717) is 42.3 Å². The van der Waals surface area contributed by atoms with Crippen LogP contribution in [0.5, 0.6) is 11.5 Å². The van der Waals surface area contributed by atoms with E-state index in [0.717, 1.165) is 18.4 Å². The first-order valence-corrected chi connectivity index (χ1v) is 11.6. The first-order valence-electron chi connectivity index (χ1n) is 11.6. The van der Waals surface area contributed by atoms with Crippen LogP contribution in [0.2, 0.25) is 0 Å². The number of hydrogen-bond acceptors (Lipinski definition) is 6. The van der Waals surface area contributed by atoms with Crippen molar-refractivity contribution in [1.82, 2.24) is 15.1 Å². The number of carbonyl (C=O) groups is 4. The zero-order valence-corrected chi connectivity index (χ0v) is 19.1. The van der Waals surface area contributed by atoms with Gasteiger partial charge in [-0.1, -0.05) is 6.07 Å². The first-order chi connectivity index (χ1) is 17.0. The molecule has 0 bridgehead atoms. The van der Waals surface area contributed by atoms with Crippen LogP contribution in [0.1, 0.15) is 35.2 Å². The van der Waals surface area contributed by atoms with Crippen molar-refractivity contribution in [2.45, 2.75) is 31.8 Å². The fourth-order valence-electron chi connectivity index (χ4n) is 4.58. The van der Waals surface area contributed by atoms with E-state index in [1.165, 1.54) is 4.90 Å². The average Bonchev–Trinajstić information content (AvgIpc) is 3.34. The molecule has 4 amide bonds. The summed E-state index contributed by atoms with van der Waals surface area (Å²) in [6, 6.07) is 11.5. The highest BCUT2D eigenvalue weighted by Crippen LogP contribution is 2.32. The van der Waals surface area contributed by atoms with E-state index in [1.807, 2.05) is 12.1 Å². The fourth-order valence-corrected chi connectivity index (χ4v) is 4.58. The molecule has 0 unspecified atom stereocenters. The minimum absolute atomic E-state index is 0.0781. The van der Waals surface area contributed by atoms with Gasteiger partial charge in [0.15, 0.2) is 11.5 Å². The van der Waals surface area contributed by atoms with Gasteiger partial charge in [-0.05, 0) is 61.2 Å². The van der Waals surface area contributed by atoms with Gasteiger partial charge >= 0.3 is 0 Å². The van der Waals surface area contributed by atoms with Gasteiger partial charge in [0.2, 0.25) is 24.5 Å². The molecule has 0 saturated carbocycles. The van der Waals surface area contributed by atoms with Crippen LogP contribution in [0.25, 0.3) is 0 Å². The molecule has 35 heavy (non-hydrogen) atoms. The van der Waals surface area contributed by atoms with E-state index in [1.54, 1.807) is 35.2 Å². The number of nitrogens with one attached hydrogen (secondary N) is 2. The first kappa shape index (κ1) is 22.7. The van der Waals surface area contributed by atoms with Gasteiger partial charge in [0, 0.05) is 24.3 Å². The van der Waals surface area contributed by atoms with E-state index in [-0.39, 0.29) is 37.6 Å². The monoisotopic (exact) mass is 478 g/mol. The molecular formula is C25H26N4O6. The van der Waals surface area contributed by atoms with E-state index >= 15 is 0 Å². The zero-order valence-electron chi connectivity index (χ0n) is 19.1. The van der Waals surface area contributed by atoms with Crippen LogP contribution in [0.15, 0.2) is 42.5 Å². The number of anilines is 1. The number of amides is 4. The van der Waals surface area contributed by atoms with Crippen molar-refractivity contribution < 1.29 is 28.7 Å². The second-order valence-electron chi connectivity index (χ2n) is 8.79. The molecule has 10 nitrogen and oxygen atoms in total. The molecular weight excluding hydrogens is 452 g/mol. The quantitative estimate of drug-likeness (QED) is 0.650. The largest absolute Gasteiger partial charge is 0.454 e. The number of piperidine rings is 1. The molecule has 1 atom stereocenters.